The second-order valence-electron chi connectivity index (χ2n) is 6.11. The monoisotopic (exact) mass is 330 g/mol. The smallest absolute Gasteiger partial charge is 0.217 e. The summed E-state index contributed by atoms with van der Waals surface area (Å²) < 4.78 is 1.98. The Kier molecular flexibility index (Phi) is 5.00. The normalized spacial score (nSPS) is 17.0. The van der Waals surface area contributed by atoms with Gasteiger partial charge in [0.25, 0.3) is 0 Å². The lowest BCUT2D eigenvalue weighted by atomic mass is 9.85. The lowest BCUT2D eigenvalue weighted by Crippen LogP contribution is -2.16. The molecule has 2 aromatic rings. The molecule has 1 aliphatic carbocycles. The van der Waals surface area contributed by atoms with Crippen molar-refractivity contribution in [1.82, 2.24) is 14.8 Å². The van der Waals surface area contributed by atoms with Crippen molar-refractivity contribution in [2.24, 2.45) is 18.7 Å². The van der Waals surface area contributed by atoms with Crippen LogP contribution in [0.25, 0.3) is 0 Å². The van der Waals surface area contributed by atoms with Crippen molar-refractivity contribution in [2.45, 2.75) is 37.3 Å². The summed E-state index contributed by atoms with van der Waals surface area (Å²) in [6.07, 6.45) is 4.42. The third kappa shape index (κ3) is 3.93. The van der Waals surface area contributed by atoms with Crippen LogP contribution in [0.1, 0.15) is 29.8 Å². The van der Waals surface area contributed by atoms with E-state index in [1.54, 1.807) is 11.8 Å². The maximum atomic E-state index is 10.9. The molecule has 0 fully saturated rings. The predicted octanol–water partition coefficient (Wildman–Crippen LogP) is 2.13. The molecule has 23 heavy (non-hydrogen) atoms. The first-order valence-electron chi connectivity index (χ1n) is 7.99. The molecule has 1 atom stereocenters. The summed E-state index contributed by atoms with van der Waals surface area (Å²) in [6, 6.07) is 8.74. The average molecular weight is 330 g/mol. The van der Waals surface area contributed by atoms with Crippen molar-refractivity contribution in [3.63, 3.8) is 0 Å². The molecule has 0 bridgehead atoms. The van der Waals surface area contributed by atoms with E-state index in [1.807, 2.05) is 11.6 Å². The number of carbonyl (C=O) groups excluding carboxylic acids is 1. The van der Waals surface area contributed by atoms with Crippen LogP contribution in [-0.2, 0) is 31.1 Å². The molecule has 1 aliphatic rings. The third-order valence-electron chi connectivity index (χ3n) is 4.42. The van der Waals surface area contributed by atoms with Gasteiger partial charge in [0.05, 0.1) is 0 Å². The minimum absolute atomic E-state index is 0.303. The lowest BCUT2D eigenvalue weighted by molar-refractivity contribution is -0.118. The fourth-order valence-corrected chi connectivity index (χ4v) is 4.10. The van der Waals surface area contributed by atoms with E-state index in [4.69, 9.17) is 5.73 Å². The van der Waals surface area contributed by atoms with Gasteiger partial charge in [-0.15, -0.1) is 10.2 Å². The average Bonchev–Trinajstić information content (AvgIpc) is 2.91. The maximum absolute atomic E-state index is 10.9. The van der Waals surface area contributed by atoms with Crippen LogP contribution in [0.15, 0.2) is 29.4 Å². The van der Waals surface area contributed by atoms with Gasteiger partial charge in [0.15, 0.2) is 5.16 Å². The minimum atomic E-state index is -0.303. The number of thioether (sulfide) groups is 1. The number of carbonyl (C=O) groups is 1. The van der Waals surface area contributed by atoms with Crippen LogP contribution in [0, 0.1) is 5.92 Å². The summed E-state index contributed by atoms with van der Waals surface area (Å²) >= 11 is 1.76. The number of primary amides is 1. The quantitative estimate of drug-likeness (QED) is 0.824. The summed E-state index contributed by atoms with van der Waals surface area (Å²) in [5.74, 6) is 2.25. The molecular formula is C17H22N4OS. The molecule has 0 aliphatic heterocycles. The van der Waals surface area contributed by atoms with Gasteiger partial charge in [-0.2, -0.15) is 0 Å². The van der Waals surface area contributed by atoms with E-state index in [2.05, 4.69) is 34.5 Å². The van der Waals surface area contributed by atoms with Gasteiger partial charge < -0.3 is 10.3 Å². The summed E-state index contributed by atoms with van der Waals surface area (Å²) in [4.78, 5) is 10.9. The molecule has 0 saturated heterocycles. The molecule has 1 aromatic carbocycles. The zero-order valence-corrected chi connectivity index (χ0v) is 14.2. The molecule has 0 spiro atoms. The molecule has 0 unspecified atom stereocenters. The topological polar surface area (TPSA) is 73.8 Å². The van der Waals surface area contributed by atoms with Crippen molar-refractivity contribution >= 4 is 17.7 Å². The largest absolute Gasteiger partial charge is 0.370 e. The van der Waals surface area contributed by atoms with Gasteiger partial charge in [-0.3, -0.25) is 4.79 Å². The number of nitrogens with two attached hydrogens (primary N) is 1. The Balaban J connectivity index is 1.56. The van der Waals surface area contributed by atoms with Crippen molar-refractivity contribution in [3.05, 3.63) is 41.2 Å². The number of rotatable bonds is 6. The van der Waals surface area contributed by atoms with Crippen molar-refractivity contribution in [2.75, 3.05) is 5.75 Å². The second kappa shape index (κ2) is 7.17. The van der Waals surface area contributed by atoms with Gasteiger partial charge in [0, 0.05) is 25.6 Å². The maximum Gasteiger partial charge on any atom is 0.217 e. The Morgan fingerprint density at radius 3 is 2.91 bits per heavy atom. The van der Waals surface area contributed by atoms with E-state index in [0.29, 0.717) is 18.8 Å². The molecule has 1 aromatic heterocycles. The van der Waals surface area contributed by atoms with Crippen LogP contribution in [-0.4, -0.2) is 26.4 Å². The molecule has 0 radical (unpaired) electrons. The molecule has 6 heteroatoms. The Bertz CT molecular complexity index is 698. The van der Waals surface area contributed by atoms with E-state index in [9.17, 15) is 4.79 Å². The predicted molar refractivity (Wildman–Crippen MR) is 91.2 cm³/mol. The lowest BCUT2D eigenvalue weighted by Gasteiger charge is -2.24. The van der Waals surface area contributed by atoms with Gasteiger partial charge in [-0.25, -0.2) is 0 Å². The van der Waals surface area contributed by atoms with Crippen LogP contribution in [0.5, 0.6) is 0 Å². The van der Waals surface area contributed by atoms with Gasteiger partial charge in [-0.1, -0.05) is 36.0 Å². The molecule has 1 heterocycles. The van der Waals surface area contributed by atoms with Crippen molar-refractivity contribution in [1.29, 1.82) is 0 Å². The second-order valence-corrected chi connectivity index (χ2v) is 7.10. The number of amides is 1. The first-order valence-corrected chi connectivity index (χ1v) is 8.98. The van der Waals surface area contributed by atoms with Crippen LogP contribution < -0.4 is 5.73 Å². The number of benzene rings is 1. The summed E-state index contributed by atoms with van der Waals surface area (Å²) in [6.45, 7) is 0. The highest BCUT2D eigenvalue weighted by atomic mass is 32.2. The first kappa shape index (κ1) is 16.1. The molecular weight excluding hydrogens is 308 g/mol. The highest BCUT2D eigenvalue weighted by Crippen LogP contribution is 2.29. The number of hydrogen-bond acceptors (Lipinski definition) is 4. The fraction of sp³-hybridized carbons (Fsp3) is 0.471. The van der Waals surface area contributed by atoms with Crippen molar-refractivity contribution in [3.8, 4) is 0 Å². The highest BCUT2D eigenvalue weighted by molar-refractivity contribution is 7.99. The molecule has 5 nitrogen and oxygen atoms in total. The van der Waals surface area contributed by atoms with Crippen LogP contribution in [0.4, 0.5) is 0 Å². The SMILES string of the molecule is Cn1c(CCC(N)=O)nnc1SC[C@H]1CCc2ccccc2C1. The molecule has 1 amide bonds. The molecule has 0 saturated carbocycles. The number of hydrogen-bond donors (Lipinski definition) is 1. The van der Waals surface area contributed by atoms with E-state index >= 15 is 0 Å². The van der Waals surface area contributed by atoms with E-state index in [0.717, 1.165) is 23.2 Å². The Morgan fingerprint density at radius 1 is 1.35 bits per heavy atom. The van der Waals surface area contributed by atoms with Gasteiger partial charge in [0.1, 0.15) is 5.82 Å². The molecule has 3 rings (SSSR count). The highest BCUT2D eigenvalue weighted by Gasteiger charge is 2.19. The van der Waals surface area contributed by atoms with Crippen molar-refractivity contribution < 1.29 is 4.79 Å². The Hall–Kier alpha value is -1.82. The van der Waals surface area contributed by atoms with Crippen LogP contribution in [0.3, 0.4) is 0 Å². The Labute approximate surface area is 140 Å². The number of nitrogens with zero attached hydrogens (tertiary/aromatic N) is 3. The zero-order chi connectivity index (χ0) is 16.2. The van der Waals surface area contributed by atoms with Gasteiger partial charge >= 0.3 is 0 Å². The summed E-state index contributed by atoms with van der Waals surface area (Å²) in [5, 5.41) is 9.34. The van der Waals surface area contributed by atoms with Gasteiger partial charge in [0.2, 0.25) is 5.91 Å². The molecule has 2 N–H and O–H groups in total. The Morgan fingerprint density at radius 2 is 2.13 bits per heavy atom. The zero-order valence-electron chi connectivity index (χ0n) is 13.4. The molecule has 122 valence electrons. The first-order chi connectivity index (χ1) is 11.1. The minimum Gasteiger partial charge on any atom is -0.370 e. The van der Waals surface area contributed by atoms with Crippen LogP contribution in [0.2, 0.25) is 0 Å². The number of fused-ring (bicyclic) bond motifs is 1. The van der Waals surface area contributed by atoms with E-state index in [-0.39, 0.29) is 5.91 Å². The van der Waals surface area contributed by atoms with E-state index < -0.39 is 0 Å². The summed E-state index contributed by atoms with van der Waals surface area (Å²) in [5.41, 5.74) is 8.18. The fourth-order valence-electron chi connectivity index (χ4n) is 3.03. The third-order valence-corrected chi connectivity index (χ3v) is 5.67. The van der Waals surface area contributed by atoms with Crippen LogP contribution >= 0.6 is 11.8 Å². The van der Waals surface area contributed by atoms with E-state index in [1.165, 1.54) is 24.0 Å². The number of aromatic nitrogens is 3. The number of aryl methyl sites for hydroxylation is 2. The standard InChI is InChI=1S/C17H22N4OS/c1-21-16(9-8-15(18)22)19-20-17(21)23-11-12-6-7-13-4-2-3-5-14(13)10-12/h2-5,12H,6-11H2,1H3,(H2,18,22)/t12-/m0/s1. The summed E-state index contributed by atoms with van der Waals surface area (Å²) in [7, 11) is 1.95. The van der Waals surface area contributed by atoms with Gasteiger partial charge in [-0.05, 0) is 36.3 Å².